The molecule has 3 rings (SSSR count). The quantitative estimate of drug-likeness (QED) is 0.395. The molecule has 0 unspecified atom stereocenters. The van der Waals surface area contributed by atoms with E-state index >= 15 is 0 Å². The van der Waals surface area contributed by atoms with Crippen molar-refractivity contribution in [1.29, 1.82) is 0 Å². The molecule has 1 aromatic heterocycles. The molecule has 6 nitrogen and oxygen atoms in total. The number of halogens is 1. The number of hydrogen-bond donors (Lipinski definition) is 1. The van der Waals surface area contributed by atoms with Gasteiger partial charge in [0.05, 0.1) is 6.20 Å². The van der Waals surface area contributed by atoms with E-state index in [0.29, 0.717) is 12.4 Å². The van der Waals surface area contributed by atoms with Gasteiger partial charge in [-0.25, -0.2) is 9.98 Å². The van der Waals surface area contributed by atoms with E-state index in [4.69, 9.17) is 9.41 Å². The third kappa shape index (κ3) is 5.86. The number of piperazine rings is 1. The maximum atomic E-state index is 5.87. The highest BCUT2D eigenvalue weighted by Gasteiger charge is 2.21. The number of rotatable bonds is 4. The maximum Gasteiger partial charge on any atom is 0.216 e. The average molecular weight is 497 g/mol. The van der Waals surface area contributed by atoms with Crippen LogP contribution < -0.4 is 10.2 Å². The summed E-state index contributed by atoms with van der Waals surface area (Å²) in [5.41, 5.74) is 1.25. The lowest BCUT2D eigenvalue weighted by atomic mass is 9.94. The maximum absolute atomic E-state index is 5.87. The van der Waals surface area contributed by atoms with Crippen molar-refractivity contribution < 1.29 is 4.42 Å². The molecule has 0 amide bonds. The summed E-state index contributed by atoms with van der Waals surface area (Å²) in [5, 5.41) is 3.40. The largest absolute Gasteiger partial charge is 0.443 e. The summed E-state index contributed by atoms with van der Waals surface area (Å²) in [7, 11) is 0. The Labute approximate surface area is 185 Å². The first-order chi connectivity index (χ1) is 13.0. The predicted molar refractivity (Wildman–Crippen MR) is 126 cm³/mol. The van der Waals surface area contributed by atoms with Crippen LogP contribution in [-0.4, -0.2) is 48.6 Å². The minimum absolute atomic E-state index is 0. The first-order valence-electron chi connectivity index (χ1n) is 9.76. The third-order valence-corrected chi connectivity index (χ3v) is 4.69. The Kier molecular flexibility index (Phi) is 8.15. The molecule has 1 saturated heterocycles. The number of aliphatic imine (C=N–C) groups is 1. The molecule has 0 bridgehead atoms. The monoisotopic (exact) mass is 497 g/mol. The number of guanidine groups is 1. The van der Waals surface area contributed by atoms with Gasteiger partial charge in [-0.15, -0.1) is 24.0 Å². The highest BCUT2D eigenvalue weighted by molar-refractivity contribution is 14.0. The van der Waals surface area contributed by atoms with Crippen molar-refractivity contribution >= 4 is 35.6 Å². The van der Waals surface area contributed by atoms with E-state index in [1.807, 2.05) is 6.20 Å². The second-order valence-corrected chi connectivity index (χ2v) is 7.85. The molecule has 0 aliphatic carbocycles. The number of para-hydroxylation sites is 1. The summed E-state index contributed by atoms with van der Waals surface area (Å²) < 4.78 is 5.87. The second-order valence-electron chi connectivity index (χ2n) is 7.85. The van der Waals surface area contributed by atoms with Gasteiger partial charge in [0.2, 0.25) is 5.89 Å². The molecule has 0 atom stereocenters. The number of oxazole rings is 1. The van der Waals surface area contributed by atoms with Crippen LogP contribution in [0.4, 0.5) is 5.69 Å². The second kappa shape index (κ2) is 10.1. The summed E-state index contributed by atoms with van der Waals surface area (Å²) >= 11 is 0. The number of nitrogens with one attached hydrogen (secondary N) is 1. The molecule has 154 valence electrons. The molecule has 2 aromatic rings. The smallest absolute Gasteiger partial charge is 0.216 e. The lowest BCUT2D eigenvalue weighted by molar-refractivity contribution is 0.367. The van der Waals surface area contributed by atoms with E-state index in [0.717, 1.165) is 44.4 Å². The van der Waals surface area contributed by atoms with Crippen LogP contribution >= 0.6 is 24.0 Å². The van der Waals surface area contributed by atoms with Gasteiger partial charge in [-0.05, 0) is 19.1 Å². The molecular weight excluding hydrogens is 465 g/mol. The molecule has 1 aromatic carbocycles. The average Bonchev–Trinajstić information content (AvgIpc) is 3.16. The fourth-order valence-electron chi connectivity index (χ4n) is 3.11. The molecular formula is C21H32IN5O. The molecule has 1 aliphatic heterocycles. The van der Waals surface area contributed by atoms with Crippen LogP contribution in [-0.2, 0) is 12.0 Å². The van der Waals surface area contributed by atoms with Crippen molar-refractivity contribution in [2.45, 2.75) is 39.7 Å². The van der Waals surface area contributed by atoms with Crippen molar-refractivity contribution in [2.75, 3.05) is 37.6 Å². The highest BCUT2D eigenvalue weighted by Crippen LogP contribution is 2.23. The van der Waals surface area contributed by atoms with E-state index < -0.39 is 0 Å². The molecule has 1 N–H and O–H groups in total. The van der Waals surface area contributed by atoms with Gasteiger partial charge in [-0.2, -0.15) is 0 Å². The van der Waals surface area contributed by atoms with Gasteiger partial charge < -0.3 is 19.5 Å². The molecule has 1 aliphatic rings. The van der Waals surface area contributed by atoms with Crippen LogP contribution in [0.15, 0.2) is 45.9 Å². The lowest BCUT2D eigenvalue weighted by Crippen LogP contribution is -2.52. The molecule has 2 heterocycles. The van der Waals surface area contributed by atoms with Crippen molar-refractivity contribution in [2.24, 2.45) is 4.99 Å². The Balaban J connectivity index is 0.00000280. The van der Waals surface area contributed by atoms with Crippen molar-refractivity contribution in [3.8, 4) is 0 Å². The zero-order valence-corrected chi connectivity index (χ0v) is 19.6. The summed E-state index contributed by atoms with van der Waals surface area (Å²) in [5.74, 6) is 2.49. The van der Waals surface area contributed by atoms with E-state index in [2.05, 4.69) is 78.1 Å². The van der Waals surface area contributed by atoms with Crippen LogP contribution in [0.3, 0.4) is 0 Å². The first kappa shape index (κ1) is 22.5. The van der Waals surface area contributed by atoms with Crippen LogP contribution in [0.1, 0.15) is 39.3 Å². The van der Waals surface area contributed by atoms with Gasteiger partial charge in [0.25, 0.3) is 0 Å². The van der Waals surface area contributed by atoms with E-state index in [-0.39, 0.29) is 29.4 Å². The van der Waals surface area contributed by atoms with Crippen LogP contribution in [0, 0.1) is 0 Å². The summed E-state index contributed by atoms with van der Waals surface area (Å²) in [6, 6.07) is 10.6. The SMILES string of the molecule is CCNC(=NCc1ncc(C(C)(C)C)o1)N1CCN(c2ccccc2)CC1.I. The molecule has 0 spiro atoms. The Morgan fingerprint density at radius 1 is 1.14 bits per heavy atom. The predicted octanol–water partition coefficient (Wildman–Crippen LogP) is 3.88. The van der Waals surface area contributed by atoms with Gasteiger partial charge in [0, 0.05) is 43.8 Å². The number of nitrogens with zero attached hydrogens (tertiary/aromatic N) is 4. The van der Waals surface area contributed by atoms with Gasteiger partial charge >= 0.3 is 0 Å². The molecule has 0 radical (unpaired) electrons. The van der Waals surface area contributed by atoms with Crippen LogP contribution in [0.25, 0.3) is 0 Å². The normalized spacial score (nSPS) is 15.4. The Bertz CT molecular complexity index is 746. The Hall–Kier alpha value is -1.77. The van der Waals surface area contributed by atoms with Crippen molar-refractivity contribution in [3.63, 3.8) is 0 Å². The zero-order valence-electron chi connectivity index (χ0n) is 17.3. The van der Waals surface area contributed by atoms with Gasteiger partial charge in [0.15, 0.2) is 5.96 Å². The van der Waals surface area contributed by atoms with E-state index in [1.165, 1.54) is 5.69 Å². The van der Waals surface area contributed by atoms with Gasteiger partial charge in [-0.1, -0.05) is 39.0 Å². The van der Waals surface area contributed by atoms with Crippen molar-refractivity contribution in [1.82, 2.24) is 15.2 Å². The van der Waals surface area contributed by atoms with Gasteiger partial charge in [-0.3, -0.25) is 0 Å². The van der Waals surface area contributed by atoms with Crippen molar-refractivity contribution in [3.05, 3.63) is 48.2 Å². The zero-order chi connectivity index (χ0) is 19.3. The summed E-state index contributed by atoms with van der Waals surface area (Å²) in [4.78, 5) is 13.9. The third-order valence-electron chi connectivity index (χ3n) is 4.69. The van der Waals surface area contributed by atoms with E-state index in [1.54, 1.807) is 0 Å². The Morgan fingerprint density at radius 3 is 2.39 bits per heavy atom. The van der Waals surface area contributed by atoms with Crippen LogP contribution in [0.5, 0.6) is 0 Å². The fourth-order valence-corrected chi connectivity index (χ4v) is 3.11. The molecule has 1 fully saturated rings. The summed E-state index contributed by atoms with van der Waals surface area (Å²) in [6.07, 6.45) is 1.82. The minimum Gasteiger partial charge on any atom is -0.443 e. The summed E-state index contributed by atoms with van der Waals surface area (Å²) in [6.45, 7) is 13.6. The van der Waals surface area contributed by atoms with Crippen LogP contribution in [0.2, 0.25) is 0 Å². The number of benzene rings is 1. The molecule has 0 saturated carbocycles. The number of aromatic nitrogens is 1. The lowest BCUT2D eigenvalue weighted by Gasteiger charge is -2.37. The van der Waals surface area contributed by atoms with Gasteiger partial charge in [0.1, 0.15) is 12.3 Å². The highest BCUT2D eigenvalue weighted by atomic mass is 127. The number of anilines is 1. The first-order valence-corrected chi connectivity index (χ1v) is 9.76. The fraction of sp³-hybridized carbons (Fsp3) is 0.524. The molecule has 7 heteroatoms. The topological polar surface area (TPSA) is 56.9 Å². The molecule has 28 heavy (non-hydrogen) atoms. The van der Waals surface area contributed by atoms with E-state index in [9.17, 15) is 0 Å². The Morgan fingerprint density at radius 2 is 1.82 bits per heavy atom. The number of hydrogen-bond acceptors (Lipinski definition) is 4. The minimum atomic E-state index is -0.0345. The standard InChI is InChI=1S/C21H31N5O.HI/c1-5-22-20(24-16-19-23-15-18(27-19)21(2,3)4)26-13-11-25(12-14-26)17-9-7-6-8-10-17;/h6-10,15H,5,11-14,16H2,1-4H3,(H,22,24);1H.